The normalized spacial score (nSPS) is 23.0. The molecule has 1 aromatic rings. The third kappa shape index (κ3) is 3.78. The van der Waals surface area contributed by atoms with Gasteiger partial charge in [-0.3, -0.25) is 9.59 Å². The van der Waals surface area contributed by atoms with E-state index < -0.39 is 12.1 Å². The van der Waals surface area contributed by atoms with Crippen LogP contribution in [0.2, 0.25) is 5.02 Å². The molecule has 5 nitrogen and oxygen atoms in total. The fourth-order valence-electron chi connectivity index (χ4n) is 2.50. The molecule has 0 aromatic heterocycles. The Balaban J connectivity index is 1.97. The lowest BCUT2D eigenvalue weighted by Crippen LogP contribution is -2.52. The molecule has 1 saturated heterocycles. The molecular weight excluding hydrogens is 304 g/mol. The Kier molecular flexibility index (Phi) is 5.42. The van der Waals surface area contributed by atoms with Gasteiger partial charge in [-0.1, -0.05) is 30.7 Å². The van der Waals surface area contributed by atoms with E-state index in [-0.39, 0.29) is 17.7 Å². The summed E-state index contributed by atoms with van der Waals surface area (Å²) in [5.74, 6) is -0.374. The number of likely N-dealkylation sites (tertiary alicyclic amines) is 1. The van der Waals surface area contributed by atoms with Crippen LogP contribution in [0.1, 0.15) is 30.6 Å². The van der Waals surface area contributed by atoms with Crippen LogP contribution in [0, 0.1) is 5.92 Å². The number of amides is 2. The van der Waals surface area contributed by atoms with Crippen molar-refractivity contribution < 1.29 is 14.7 Å². The maximum atomic E-state index is 12.4. The van der Waals surface area contributed by atoms with E-state index in [1.54, 1.807) is 36.1 Å². The minimum atomic E-state index is -0.663. The Labute approximate surface area is 135 Å². The van der Waals surface area contributed by atoms with Gasteiger partial charge >= 0.3 is 0 Å². The number of β-amino-alcohol motifs (C(OH)–C–C–N with tert-alkyl or cyclic N) is 1. The number of aliphatic hydroxyl groups is 1. The monoisotopic (exact) mass is 324 g/mol. The number of carbonyl (C=O) groups excluding carboxylic acids is 2. The molecule has 1 heterocycles. The predicted molar refractivity (Wildman–Crippen MR) is 84.7 cm³/mol. The Morgan fingerprint density at radius 3 is 2.73 bits per heavy atom. The third-order valence-corrected chi connectivity index (χ3v) is 4.40. The molecule has 1 aliphatic rings. The highest BCUT2D eigenvalue weighted by atomic mass is 35.5. The molecule has 3 atom stereocenters. The van der Waals surface area contributed by atoms with Gasteiger partial charge in [0.1, 0.15) is 6.04 Å². The van der Waals surface area contributed by atoms with Crippen LogP contribution in [0.3, 0.4) is 0 Å². The molecule has 1 fully saturated rings. The van der Waals surface area contributed by atoms with Crippen LogP contribution < -0.4 is 5.32 Å². The molecule has 0 bridgehead atoms. The first kappa shape index (κ1) is 16.8. The van der Waals surface area contributed by atoms with E-state index in [1.807, 2.05) is 6.92 Å². The fourth-order valence-corrected chi connectivity index (χ4v) is 2.73. The van der Waals surface area contributed by atoms with Crippen molar-refractivity contribution in [2.24, 2.45) is 5.92 Å². The first-order valence-corrected chi connectivity index (χ1v) is 7.80. The second kappa shape index (κ2) is 7.11. The van der Waals surface area contributed by atoms with Crippen molar-refractivity contribution in [3.63, 3.8) is 0 Å². The molecule has 1 aromatic carbocycles. The van der Waals surface area contributed by atoms with E-state index in [1.165, 1.54) is 0 Å². The first-order valence-electron chi connectivity index (χ1n) is 7.42. The number of rotatable bonds is 3. The van der Waals surface area contributed by atoms with Gasteiger partial charge in [-0.15, -0.1) is 0 Å². The zero-order chi connectivity index (χ0) is 16.3. The molecule has 2 amide bonds. The average molecular weight is 325 g/mol. The summed E-state index contributed by atoms with van der Waals surface area (Å²) in [6, 6.07) is 6.04. The maximum Gasteiger partial charge on any atom is 0.253 e. The summed E-state index contributed by atoms with van der Waals surface area (Å²) in [7, 11) is 0. The SMILES string of the molecule is CC(NC(=O)c1ccccc1Cl)C(=O)N1CCC(C)C(O)C1. The highest BCUT2D eigenvalue weighted by Gasteiger charge is 2.30. The molecular formula is C16H21ClN2O3. The fraction of sp³-hybridized carbons (Fsp3) is 0.500. The lowest BCUT2D eigenvalue weighted by atomic mass is 9.95. The number of nitrogens with zero attached hydrogens (tertiary/aromatic N) is 1. The van der Waals surface area contributed by atoms with Crippen molar-refractivity contribution in [2.75, 3.05) is 13.1 Å². The summed E-state index contributed by atoms with van der Waals surface area (Å²) in [5, 5.41) is 12.9. The van der Waals surface area contributed by atoms with Gasteiger partial charge in [0.15, 0.2) is 0 Å². The largest absolute Gasteiger partial charge is 0.391 e. The van der Waals surface area contributed by atoms with Crippen LogP contribution >= 0.6 is 11.6 Å². The number of nitrogens with one attached hydrogen (secondary N) is 1. The van der Waals surface area contributed by atoms with E-state index >= 15 is 0 Å². The quantitative estimate of drug-likeness (QED) is 0.889. The zero-order valence-corrected chi connectivity index (χ0v) is 13.5. The van der Waals surface area contributed by atoms with Crippen LogP contribution in [0.25, 0.3) is 0 Å². The molecule has 3 unspecified atom stereocenters. The van der Waals surface area contributed by atoms with Crippen molar-refractivity contribution in [3.8, 4) is 0 Å². The third-order valence-electron chi connectivity index (χ3n) is 4.07. The minimum absolute atomic E-state index is 0.189. The summed E-state index contributed by atoms with van der Waals surface area (Å²) >= 11 is 5.98. The number of aliphatic hydroxyl groups excluding tert-OH is 1. The van der Waals surface area contributed by atoms with Gasteiger partial charge in [0, 0.05) is 13.1 Å². The molecule has 0 saturated carbocycles. The summed E-state index contributed by atoms with van der Waals surface area (Å²) in [5.41, 5.74) is 0.344. The Bertz CT molecular complexity index is 564. The van der Waals surface area contributed by atoms with Gasteiger partial charge in [0.05, 0.1) is 16.7 Å². The smallest absolute Gasteiger partial charge is 0.253 e. The lowest BCUT2D eigenvalue weighted by molar-refractivity contribution is -0.137. The molecule has 6 heteroatoms. The summed E-state index contributed by atoms with van der Waals surface area (Å²) in [6.45, 7) is 4.52. The van der Waals surface area contributed by atoms with Crippen molar-refractivity contribution >= 4 is 23.4 Å². The molecule has 0 radical (unpaired) electrons. The van der Waals surface area contributed by atoms with E-state index in [0.29, 0.717) is 23.7 Å². The Morgan fingerprint density at radius 1 is 1.41 bits per heavy atom. The van der Waals surface area contributed by atoms with Crippen LogP contribution in [0.5, 0.6) is 0 Å². The molecule has 0 aliphatic carbocycles. The van der Waals surface area contributed by atoms with Crippen molar-refractivity contribution in [1.29, 1.82) is 0 Å². The first-order chi connectivity index (χ1) is 10.4. The van der Waals surface area contributed by atoms with Gasteiger partial charge < -0.3 is 15.3 Å². The molecule has 120 valence electrons. The van der Waals surface area contributed by atoms with Crippen molar-refractivity contribution in [3.05, 3.63) is 34.9 Å². The van der Waals surface area contributed by atoms with E-state index in [0.717, 1.165) is 6.42 Å². The van der Waals surface area contributed by atoms with Gasteiger partial charge in [-0.05, 0) is 31.4 Å². The summed E-state index contributed by atoms with van der Waals surface area (Å²) < 4.78 is 0. The lowest BCUT2D eigenvalue weighted by Gasteiger charge is -2.35. The second-order valence-corrected chi connectivity index (χ2v) is 6.20. The molecule has 2 N–H and O–H groups in total. The maximum absolute atomic E-state index is 12.4. The number of hydrogen-bond donors (Lipinski definition) is 2. The number of halogens is 1. The Hall–Kier alpha value is -1.59. The van der Waals surface area contributed by atoms with Gasteiger partial charge in [0.25, 0.3) is 5.91 Å². The summed E-state index contributed by atoms with van der Waals surface area (Å²) in [6.07, 6.45) is 0.252. The highest BCUT2D eigenvalue weighted by Crippen LogP contribution is 2.18. The standard InChI is InChI=1S/C16H21ClN2O3/c1-10-7-8-19(9-14(10)20)16(22)11(2)18-15(21)12-5-3-4-6-13(12)17/h3-6,10-11,14,20H,7-9H2,1-2H3,(H,18,21). The summed E-state index contributed by atoms with van der Waals surface area (Å²) in [4.78, 5) is 26.1. The predicted octanol–water partition coefficient (Wildman–Crippen LogP) is 1.69. The Morgan fingerprint density at radius 2 is 2.09 bits per heavy atom. The number of piperidine rings is 1. The van der Waals surface area contributed by atoms with E-state index in [9.17, 15) is 14.7 Å². The average Bonchev–Trinajstić information content (AvgIpc) is 2.49. The molecule has 2 rings (SSSR count). The van der Waals surface area contributed by atoms with Gasteiger partial charge in [-0.25, -0.2) is 0 Å². The number of hydrogen-bond acceptors (Lipinski definition) is 3. The van der Waals surface area contributed by atoms with Crippen LogP contribution in [0.15, 0.2) is 24.3 Å². The van der Waals surface area contributed by atoms with Crippen LogP contribution in [0.4, 0.5) is 0 Å². The van der Waals surface area contributed by atoms with Crippen molar-refractivity contribution in [1.82, 2.24) is 10.2 Å². The van der Waals surface area contributed by atoms with Gasteiger partial charge in [-0.2, -0.15) is 0 Å². The number of benzene rings is 1. The van der Waals surface area contributed by atoms with E-state index in [4.69, 9.17) is 11.6 Å². The minimum Gasteiger partial charge on any atom is -0.391 e. The van der Waals surface area contributed by atoms with Crippen LogP contribution in [-0.2, 0) is 4.79 Å². The molecule has 1 aliphatic heterocycles. The van der Waals surface area contributed by atoms with Crippen molar-refractivity contribution in [2.45, 2.75) is 32.4 Å². The zero-order valence-electron chi connectivity index (χ0n) is 12.8. The molecule has 0 spiro atoms. The highest BCUT2D eigenvalue weighted by molar-refractivity contribution is 6.33. The molecule has 22 heavy (non-hydrogen) atoms. The second-order valence-electron chi connectivity index (χ2n) is 5.79. The number of carbonyl (C=O) groups is 2. The topological polar surface area (TPSA) is 69.6 Å². The van der Waals surface area contributed by atoms with E-state index in [2.05, 4.69) is 5.32 Å². The van der Waals surface area contributed by atoms with Gasteiger partial charge in [0.2, 0.25) is 5.91 Å². The van der Waals surface area contributed by atoms with Crippen LogP contribution in [-0.4, -0.2) is 47.1 Å².